The minimum Gasteiger partial charge on any atom is -0.495 e. The van der Waals surface area contributed by atoms with Crippen LogP contribution in [-0.2, 0) is 0 Å². The van der Waals surface area contributed by atoms with Crippen molar-refractivity contribution >= 4 is 11.6 Å². The molecule has 6 heteroatoms. The standard InChI is InChI=1S/C23H39N5O/c1-6-24-23(26-20-16-28(17(2)3)14-18(20)4)25-13-19-11-12-27(15-19)21-9-7-8-10-22(21)29-5/h7-10,17-20H,6,11-16H2,1-5H3,(H2,24,25,26). The van der Waals surface area contributed by atoms with E-state index in [1.807, 2.05) is 12.1 Å². The summed E-state index contributed by atoms with van der Waals surface area (Å²) in [5, 5.41) is 7.15. The summed E-state index contributed by atoms with van der Waals surface area (Å²) < 4.78 is 5.54. The van der Waals surface area contributed by atoms with E-state index in [1.54, 1.807) is 7.11 Å². The Hall–Kier alpha value is -1.95. The van der Waals surface area contributed by atoms with Crippen molar-refractivity contribution in [2.24, 2.45) is 16.8 Å². The van der Waals surface area contributed by atoms with Crippen molar-refractivity contribution in [3.8, 4) is 5.75 Å². The second kappa shape index (κ2) is 10.2. The molecular weight excluding hydrogens is 362 g/mol. The van der Waals surface area contributed by atoms with E-state index in [1.165, 1.54) is 12.1 Å². The number of benzene rings is 1. The van der Waals surface area contributed by atoms with E-state index in [2.05, 4.69) is 60.3 Å². The molecule has 2 N–H and O–H groups in total. The molecule has 1 aromatic carbocycles. The number of nitrogens with one attached hydrogen (secondary N) is 2. The zero-order chi connectivity index (χ0) is 20.8. The third-order valence-corrected chi connectivity index (χ3v) is 6.26. The van der Waals surface area contributed by atoms with E-state index in [0.29, 0.717) is 23.9 Å². The molecule has 162 valence electrons. The van der Waals surface area contributed by atoms with Crippen LogP contribution in [0.1, 0.15) is 34.1 Å². The van der Waals surface area contributed by atoms with Gasteiger partial charge >= 0.3 is 0 Å². The quantitative estimate of drug-likeness (QED) is 0.544. The number of para-hydroxylation sites is 2. The fourth-order valence-corrected chi connectivity index (χ4v) is 4.42. The Morgan fingerprint density at radius 3 is 2.72 bits per heavy atom. The number of nitrogens with zero attached hydrogens (tertiary/aromatic N) is 3. The van der Waals surface area contributed by atoms with E-state index in [0.717, 1.165) is 51.0 Å². The Balaban J connectivity index is 1.57. The summed E-state index contributed by atoms with van der Waals surface area (Å²) in [7, 11) is 1.75. The van der Waals surface area contributed by atoms with Crippen molar-refractivity contribution in [2.45, 2.75) is 46.2 Å². The maximum absolute atomic E-state index is 5.54. The fraction of sp³-hybridized carbons (Fsp3) is 0.696. The van der Waals surface area contributed by atoms with E-state index >= 15 is 0 Å². The lowest BCUT2D eigenvalue weighted by atomic mass is 10.1. The van der Waals surface area contributed by atoms with Crippen molar-refractivity contribution in [2.75, 3.05) is 51.3 Å². The molecule has 3 atom stereocenters. The Labute approximate surface area is 176 Å². The first-order valence-corrected chi connectivity index (χ1v) is 11.2. The summed E-state index contributed by atoms with van der Waals surface area (Å²) in [6.07, 6.45) is 1.17. The average Bonchev–Trinajstić information content (AvgIpc) is 3.33. The second-order valence-electron chi connectivity index (χ2n) is 8.77. The molecule has 2 aliphatic rings. The van der Waals surface area contributed by atoms with Gasteiger partial charge in [-0.25, -0.2) is 0 Å². The first kappa shape index (κ1) is 21.8. The molecule has 0 aromatic heterocycles. The lowest BCUT2D eigenvalue weighted by Crippen LogP contribution is -2.47. The maximum Gasteiger partial charge on any atom is 0.191 e. The third-order valence-electron chi connectivity index (χ3n) is 6.26. The SMILES string of the molecule is CCNC(=NCC1CCN(c2ccccc2OC)C1)NC1CN(C(C)C)CC1C. The summed E-state index contributed by atoms with van der Waals surface area (Å²) in [6.45, 7) is 15.1. The summed E-state index contributed by atoms with van der Waals surface area (Å²) in [5.74, 6) is 3.12. The zero-order valence-electron chi connectivity index (χ0n) is 18.8. The molecule has 0 radical (unpaired) electrons. The van der Waals surface area contributed by atoms with Gasteiger partial charge in [-0.1, -0.05) is 19.1 Å². The molecule has 0 bridgehead atoms. The molecule has 29 heavy (non-hydrogen) atoms. The minimum atomic E-state index is 0.462. The van der Waals surface area contributed by atoms with Crippen LogP contribution in [0.5, 0.6) is 5.75 Å². The molecule has 2 fully saturated rings. The number of hydrogen-bond acceptors (Lipinski definition) is 4. The molecule has 2 heterocycles. The number of methoxy groups -OCH3 is 1. The number of likely N-dealkylation sites (tertiary alicyclic amines) is 1. The molecule has 0 aliphatic carbocycles. The highest BCUT2D eigenvalue weighted by molar-refractivity contribution is 5.80. The lowest BCUT2D eigenvalue weighted by Gasteiger charge is -2.22. The molecule has 3 unspecified atom stereocenters. The number of hydrogen-bond donors (Lipinski definition) is 2. The highest BCUT2D eigenvalue weighted by Crippen LogP contribution is 2.32. The fourth-order valence-electron chi connectivity index (χ4n) is 4.42. The average molecular weight is 402 g/mol. The highest BCUT2D eigenvalue weighted by Gasteiger charge is 2.31. The number of ether oxygens (including phenoxy) is 1. The van der Waals surface area contributed by atoms with Crippen LogP contribution in [-0.4, -0.2) is 69.3 Å². The second-order valence-corrected chi connectivity index (χ2v) is 8.77. The van der Waals surface area contributed by atoms with Gasteiger partial charge in [0.1, 0.15) is 5.75 Å². The molecule has 0 saturated carbocycles. The van der Waals surface area contributed by atoms with Gasteiger partial charge in [-0.3, -0.25) is 9.89 Å². The first-order chi connectivity index (χ1) is 14.0. The van der Waals surface area contributed by atoms with Gasteiger partial charge < -0.3 is 20.3 Å². The van der Waals surface area contributed by atoms with Crippen molar-refractivity contribution in [1.82, 2.24) is 15.5 Å². The van der Waals surface area contributed by atoms with Crippen molar-refractivity contribution < 1.29 is 4.74 Å². The predicted molar refractivity (Wildman–Crippen MR) is 122 cm³/mol. The van der Waals surface area contributed by atoms with Crippen LogP contribution >= 0.6 is 0 Å². The third kappa shape index (κ3) is 5.56. The number of aliphatic imine (C=N–C) groups is 1. The maximum atomic E-state index is 5.54. The largest absolute Gasteiger partial charge is 0.495 e. The van der Waals surface area contributed by atoms with Gasteiger partial charge in [0.25, 0.3) is 0 Å². The highest BCUT2D eigenvalue weighted by atomic mass is 16.5. The van der Waals surface area contributed by atoms with Gasteiger partial charge in [-0.05, 0) is 51.2 Å². The molecule has 0 amide bonds. The smallest absolute Gasteiger partial charge is 0.191 e. The van der Waals surface area contributed by atoms with E-state index in [-0.39, 0.29) is 0 Å². The molecule has 2 saturated heterocycles. The summed E-state index contributed by atoms with van der Waals surface area (Å²) >= 11 is 0. The van der Waals surface area contributed by atoms with Crippen LogP contribution in [0, 0.1) is 11.8 Å². The topological polar surface area (TPSA) is 52.1 Å². The summed E-state index contributed by atoms with van der Waals surface area (Å²) in [6, 6.07) is 9.36. The summed E-state index contributed by atoms with van der Waals surface area (Å²) in [4.78, 5) is 9.93. The van der Waals surface area contributed by atoms with Crippen LogP contribution < -0.4 is 20.3 Å². The van der Waals surface area contributed by atoms with Crippen LogP contribution in [0.3, 0.4) is 0 Å². The van der Waals surface area contributed by atoms with Gasteiger partial charge in [-0.2, -0.15) is 0 Å². The monoisotopic (exact) mass is 401 g/mol. The molecule has 2 aliphatic heterocycles. The lowest BCUT2D eigenvalue weighted by molar-refractivity contribution is 0.265. The first-order valence-electron chi connectivity index (χ1n) is 11.2. The van der Waals surface area contributed by atoms with Crippen molar-refractivity contribution in [1.29, 1.82) is 0 Å². The number of rotatable bonds is 7. The van der Waals surface area contributed by atoms with Gasteiger partial charge in [0, 0.05) is 51.4 Å². The van der Waals surface area contributed by atoms with Gasteiger partial charge in [0.15, 0.2) is 5.96 Å². The van der Waals surface area contributed by atoms with Crippen molar-refractivity contribution in [3.05, 3.63) is 24.3 Å². The molecule has 6 nitrogen and oxygen atoms in total. The molecular formula is C23H39N5O. The van der Waals surface area contributed by atoms with Gasteiger partial charge in [-0.15, -0.1) is 0 Å². The summed E-state index contributed by atoms with van der Waals surface area (Å²) in [5.41, 5.74) is 1.19. The van der Waals surface area contributed by atoms with E-state index in [9.17, 15) is 0 Å². The Morgan fingerprint density at radius 1 is 1.24 bits per heavy atom. The zero-order valence-corrected chi connectivity index (χ0v) is 18.8. The van der Waals surface area contributed by atoms with Gasteiger partial charge in [0.2, 0.25) is 0 Å². The molecule has 1 aromatic rings. The van der Waals surface area contributed by atoms with Crippen LogP contribution in [0.25, 0.3) is 0 Å². The van der Waals surface area contributed by atoms with Crippen LogP contribution in [0.15, 0.2) is 29.3 Å². The Morgan fingerprint density at radius 2 is 2.03 bits per heavy atom. The van der Waals surface area contributed by atoms with Gasteiger partial charge in [0.05, 0.1) is 12.8 Å². The molecule has 3 rings (SSSR count). The minimum absolute atomic E-state index is 0.462. The Bertz CT molecular complexity index is 677. The molecule has 0 spiro atoms. The van der Waals surface area contributed by atoms with E-state index in [4.69, 9.17) is 9.73 Å². The number of guanidine groups is 1. The number of anilines is 1. The predicted octanol–water partition coefficient (Wildman–Crippen LogP) is 2.81. The van der Waals surface area contributed by atoms with Crippen LogP contribution in [0.2, 0.25) is 0 Å². The van der Waals surface area contributed by atoms with Crippen LogP contribution in [0.4, 0.5) is 5.69 Å². The van der Waals surface area contributed by atoms with E-state index < -0.39 is 0 Å². The van der Waals surface area contributed by atoms with Crippen molar-refractivity contribution in [3.63, 3.8) is 0 Å². The normalized spacial score (nSPS) is 25.7. The Kier molecular flexibility index (Phi) is 7.64.